The molecule has 1 aromatic rings. The van der Waals surface area contributed by atoms with Gasteiger partial charge in [-0.25, -0.2) is 4.39 Å². The van der Waals surface area contributed by atoms with Gasteiger partial charge in [-0.3, -0.25) is 4.79 Å². The highest BCUT2D eigenvalue weighted by atomic mass is 79.9. The summed E-state index contributed by atoms with van der Waals surface area (Å²) in [6, 6.07) is 4.83. The summed E-state index contributed by atoms with van der Waals surface area (Å²) in [4.78, 5) is 14.3. The first-order valence-corrected chi connectivity index (χ1v) is 7.04. The van der Waals surface area contributed by atoms with Gasteiger partial charge in [0, 0.05) is 18.2 Å². The number of amides is 1. The first-order chi connectivity index (χ1) is 8.49. The molecule has 18 heavy (non-hydrogen) atoms. The fourth-order valence-electron chi connectivity index (χ4n) is 1.97. The lowest BCUT2D eigenvalue weighted by Crippen LogP contribution is -2.36. The van der Waals surface area contributed by atoms with Crippen molar-refractivity contribution in [3.63, 3.8) is 0 Å². The molecule has 1 aliphatic carbocycles. The molecule has 0 N–H and O–H groups in total. The molecular formula is C14H17BrFNO. The van der Waals surface area contributed by atoms with Gasteiger partial charge >= 0.3 is 0 Å². The normalized spacial score (nSPS) is 14.9. The molecule has 0 radical (unpaired) electrons. The Hall–Kier alpha value is -0.900. The molecule has 98 valence electrons. The molecule has 1 aliphatic rings. The fraction of sp³-hybridized carbons (Fsp3) is 0.500. The van der Waals surface area contributed by atoms with Crippen molar-refractivity contribution < 1.29 is 9.18 Å². The van der Waals surface area contributed by atoms with Crippen LogP contribution in [0.1, 0.15) is 37.0 Å². The Bertz CT molecular complexity index is 457. The Balaban J connectivity index is 2.19. The quantitative estimate of drug-likeness (QED) is 0.827. The first-order valence-electron chi connectivity index (χ1n) is 6.25. The van der Waals surface area contributed by atoms with Gasteiger partial charge in [-0.1, -0.05) is 13.8 Å². The van der Waals surface area contributed by atoms with Crippen LogP contribution in [0.4, 0.5) is 4.39 Å². The van der Waals surface area contributed by atoms with E-state index in [4.69, 9.17) is 0 Å². The molecule has 0 bridgehead atoms. The molecule has 0 aromatic heterocycles. The molecule has 4 heteroatoms. The maximum atomic E-state index is 13.2. The van der Waals surface area contributed by atoms with Crippen molar-refractivity contribution >= 4 is 21.8 Å². The molecule has 0 atom stereocenters. The van der Waals surface area contributed by atoms with E-state index in [0.717, 1.165) is 19.4 Å². The number of rotatable bonds is 4. The van der Waals surface area contributed by atoms with Crippen LogP contribution in [0.15, 0.2) is 22.7 Å². The molecule has 0 aliphatic heterocycles. The van der Waals surface area contributed by atoms with E-state index in [1.165, 1.54) is 6.07 Å². The van der Waals surface area contributed by atoms with Crippen LogP contribution in [0.2, 0.25) is 0 Å². The van der Waals surface area contributed by atoms with Crippen LogP contribution < -0.4 is 0 Å². The van der Waals surface area contributed by atoms with E-state index in [9.17, 15) is 9.18 Å². The highest BCUT2D eigenvalue weighted by Gasteiger charge is 2.33. The average molecular weight is 314 g/mol. The number of carbonyl (C=O) groups is 1. The molecule has 1 amide bonds. The van der Waals surface area contributed by atoms with Crippen molar-refractivity contribution in [1.82, 2.24) is 4.90 Å². The molecule has 2 nitrogen and oxygen atoms in total. The van der Waals surface area contributed by atoms with Crippen LogP contribution in [0.3, 0.4) is 0 Å². The summed E-state index contributed by atoms with van der Waals surface area (Å²) in [5.74, 6) is 0.110. The van der Waals surface area contributed by atoms with Crippen LogP contribution in [0.5, 0.6) is 0 Å². The number of nitrogens with zero attached hydrogens (tertiary/aromatic N) is 1. The number of halogens is 2. The van der Waals surface area contributed by atoms with E-state index in [-0.39, 0.29) is 11.7 Å². The Kier molecular flexibility index (Phi) is 4.05. The summed E-state index contributed by atoms with van der Waals surface area (Å²) >= 11 is 3.12. The number of benzene rings is 1. The molecule has 1 saturated carbocycles. The zero-order valence-electron chi connectivity index (χ0n) is 10.6. The van der Waals surface area contributed by atoms with Crippen LogP contribution in [-0.2, 0) is 0 Å². The summed E-state index contributed by atoms with van der Waals surface area (Å²) in [5, 5.41) is 0. The van der Waals surface area contributed by atoms with Crippen LogP contribution in [0.25, 0.3) is 0 Å². The lowest BCUT2D eigenvalue weighted by Gasteiger charge is -2.24. The van der Waals surface area contributed by atoms with E-state index in [1.807, 2.05) is 4.90 Å². The summed E-state index contributed by atoms with van der Waals surface area (Å²) in [5.41, 5.74) is 0.552. The van der Waals surface area contributed by atoms with Gasteiger partial charge in [-0.15, -0.1) is 0 Å². The second kappa shape index (κ2) is 5.39. The zero-order chi connectivity index (χ0) is 13.3. The summed E-state index contributed by atoms with van der Waals surface area (Å²) in [6.45, 7) is 4.96. The average Bonchev–Trinajstić information content (AvgIpc) is 3.12. The van der Waals surface area contributed by atoms with Crippen LogP contribution in [-0.4, -0.2) is 23.4 Å². The molecule has 0 unspecified atom stereocenters. The Labute approximate surface area is 115 Å². The van der Waals surface area contributed by atoms with Crippen LogP contribution in [0, 0.1) is 11.7 Å². The van der Waals surface area contributed by atoms with E-state index in [0.29, 0.717) is 22.0 Å². The smallest absolute Gasteiger partial charge is 0.254 e. The van der Waals surface area contributed by atoms with Gasteiger partial charge in [0.05, 0.1) is 4.47 Å². The van der Waals surface area contributed by atoms with Crippen molar-refractivity contribution in [1.29, 1.82) is 0 Å². The van der Waals surface area contributed by atoms with Gasteiger partial charge in [0.1, 0.15) is 5.82 Å². The summed E-state index contributed by atoms with van der Waals surface area (Å²) in [7, 11) is 0. The van der Waals surface area contributed by atoms with Crippen molar-refractivity contribution in [2.45, 2.75) is 32.7 Å². The number of hydrogen-bond donors (Lipinski definition) is 0. The fourth-order valence-corrected chi connectivity index (χ4v) is 2.35. The predicted octanol–water partition coefficient (Wildman–Crippen LogP) is 3.85. The molecule has 1 fully saturated rings. The molecular weight excluding hydrogens is 297 g/mol. The third-order valence-corrected chi connectivity index (χ3v) is 3.58. The third-order valence-electron chi connectivity index (χ3n) is 2.98. The maximum absolute atomic E-state index is 13.2. The van der Waals surface area contributed by atoms with E-state index < -0.39 is 0 Å². The highest BCUT2D eigenvalue weighted by molar-refractivity contribution is 9.10. The highest BCUT2D eigenvalue weighted by Crippen LogP contribution is 2.29. The summed E-state index contributed by atoms with van der Waals surface area (Å²) in [6.07, 6.45) is 2.17. The number of hydrogen-bond acceptors (Lipinski definition) is 1. The minimum Gasteiger partial charge on any atom is -0.335 e. The first kappa shape index (κ1) is 13.5. The van der Waals surface area contributed by atoms with E-state index in [2.05, 4.69) is 29.8 Å². The second-order valence-corrected chi connectivity index (χ2v) is 6.07. The SMILES string of the molecule is CC(C)CN(C(=O)c1ccc(F)c(Br)c1)C1CC1. The Morgan fingerprint density at radius 3 is 2.67 bits per heavy atom. The molecule has 1 aromatic carbocycles. The monoisotopic (exact) mass is 313 g/mol. The largest absolute Gasteiger partial charge is 0.335 e. The molecule has 0 spiro atoms. The minimum atomic E-state index is -0.339. The van der Waals surface area contributed by atoms with Crippen molar-refractivity contribution in [3.8, 4) is 0 Å². The van der Waals surface area contributed by atoms with Gasteiger partial charge in [-0.05, 0) is 52.9 Å². The minimum absolute atomic E-state index is 0.00639. The molecule has 0 saturated heterocycles. The zero-order valence-corrected chi connectivity index (χ0v) is 12.2. The second-order valence-electron chi connectivity index (χ2n) is 5.21. The van der Waals surface area contributed by atoms with Gasteiger partial charge in [0.15, 0.2) is 0 Å². The molecule has 2 rings (SSSR count). The van der Waals surface area contributed by atoms with Crippen molar-refractivity contribution in [2.75, 3.05) is 6.54 Å². The van der Waals surface area contributed by atoms with Gasteiger partial charge in [0.25, 0.3) is 5.91 Å². The predicted molar refractivity (Wildman–Crippen MR) is 73.0 cm³/mol. The van der Waals surface area contributed by atoms with Crippen molar-refractivity contribution in [3.05, 3.63) is 34.1 Å². The maximum Gasteiger partial charge on any atom is 0.254 e. The Morgan fingerprint density at radius 2 is 2.17 bits per heavy atom. The lowest BCUT2D eigenvalue weighted by atomic mass is 10.1. The summed E-state index contributed by atoms with van der Waals surface area (Å²) < 4.78 is 13.5. The number of carbonyl (C=O) groups excluding carboxylic acids is 1. The third kappa shape index (κ3) is 3.10. The van der Waals surface area contributed by atoms with E-state index >= 15 is 0 Å². The topological polar surface area (TPSA) is 20.3 Å². The van der Waals surface area contributed by atoms with Crippen LogP contribution >= 0.6 is 15.9 Å². The standard InChI is InChI=1S/C14H17BrFNO/c1-9(2)8-17(11-4-5-11)14(18)10-3-6-13(16)12(15)7-10/h3,6-7,9,11H,4-5,8H2,1-2H3. The lowest BCUT2D eigenvalue weighted by molar-refractivity contribution is 0.0722. The Morgan fingerprint density at radius 1 is 1.50 bits per heavy atom. The van der Waals surface area contributed by atoms with Gasteiger partial charge < -0.3 is 4.90 Å². The van der Waals surface area contributed by atoms with Gasteiger partial charge in [-0.2, -0.15) is 0 Å². The van der Waals surface area contributed by atoms with Crippen molar-refractivity contribution in [2.24, 2.45) is 5.92 Å². The van der Waals surface area contributed by atoms with Gasteiger partial charge in [0.2, 0.25) is 0 Å². The van der Waals surface area contributed by atoms with E-state index in [1.54, 1.807) is 12.1 Å². The molecule has 0 heterocycles.